The van der Waals surface area contributed by atoms with Crippen molar-refractivity contribution in [3.05, 3.63) is 70.0 Å². The molecule has 0 aliphatic heterocycles. The predicted molar refractivity (Wildman–Crippen MR) is 136 cm³/mol. The first-order valence-corrected chi connectivity index (χ1v) is 9.95. The number of allylic oxidation sites excluding steroid dienone is 3. The Bertz CT molecular complexity index is 979. The molecule has 0 unspecified atom stereocenters. The number of nitrogens with one attached hydrogen (secondary N) is 2. The zero-order chi connectivity index (χ0) is 26.3. The largest absolute Gasteiger partial charge is 0.508 e. The average Bonchev–Trinajstić information content (AvgIpc) is 2.78. The lowest BCUT2D eigenvalue weighted by Crippen LogP contribution is -2.36. The summed E-state index contributed by atoms with van der Waals surface area (Å²) < 4.78 is 0. The molecule has 0 aliphatic carbocycles. The van der Waals surface area contributed by atoms with Crippen molar-refractivity contribution in [1.82, 2.24) is 10.6 Å². The van der Waals surface area contributed by atoms with E-state index in [1.165, 1.54) is 12.3 Å². The Hall–Kier alpha value is -3.84. The standard InChI is InChI=1S/C20H28N4O5S.C3H4/c1-7-10(2)16(25)11(3)8-22-20(29)24-15(9-30)12(4)14(6)23-19(28)17(26)13(5)18(21)27;1-3-2/h7,9,25-26,28,30H,4-5,8H2,1-3,6H3,(H2,21,27)(H2,22,24,29);1H,2H3/b10-7-,15-9+,16-11-,19-17-,23-14+;. The molecule has 0 saturated heterocycles. The van der Waals surface area contributed by atoms with E-state index in [2.05, 4.69) is 53.8 Å². The summed E-state index contributed by atoms with van der Waals surface area (Å²) in [5.41, 5.74) is 6.14. The van der Waals surface area contributed by atoms with E-state index in [4.69, 9.17) is 5.73 Å². The number of aliphatic hydroxyl groups excluding tert-OH is 3. The monoisotopic (exact) mass is 476 g/mol. The van der Waals surface area contributed by atoms with Crippen molar-refractivity contribution in [3.63, 3.8) is 0 Å². The molecule has 0 aromatic carbocycles. The number of nitrogens with two attached hydrogens (primary N) is 1. The van der Waals surface area contributed by atoms with E-state index in [1.807, 2.05) is 0 Å². The Morgan fingerprint density at radius 1 is 1.15 bits per heavy atom. The van der Waals surface area contributed by atoms with Crippen molar-refractivity contribution in [2.75, 3.05) is 6.54 Å². The summed E-state index contributed by atoms with van der Waals surface area (Å²) in [6.45, 7) is 15.4. The molecule has 33 heavy (non-hydrogen) atoms. The minimum Gasteiger partial charge on any atom is -0.508 e. The normalized spacial score (nSPS) is 13.3. The molecule has 0 radical (unpaired) electrons. The fourth-order valence-corrected chi connectivity index (χ4v) is 2.07. The van der Waals surface area contributed by atoms with E-state index in [-0.39, 0.29) is 29.3 Å². The maximum Gasteiger partial charge on any atom is 0.319 e. The summed E-state index contributed by atoms with van der Waals surface area (Å²) in [6.07, 6.45) is 6.34. The number of rotatable bonds is 9. The molecular weight excluding hydrogens is 444 g/mol. The maximum absolute atomic E-state index is 12.1. The molecule has 0 aromatic heterocycles. The van der Waals surface area contributed by atoms with E-state index in [9.17, 15) is 24.9 Å². The summed E-state index contributed by atoms with van der Waals surface area (Å²) in [5.74, 6) is -0.457. The SMILES string of the molecule is C#CC.C=C(C(N)=O)/C(O)=C(O)\N=C(/C)C(=C)/C(=C\S)NC(=O)NC/C(C)=C(O)/C(C)=C\C. The quantitative estimate of drug-likeness (QED) is 0.0672. The third-order valence-corrected chi connectivity index (χ3v) is 4.19. The zero-order valence-electron chi connectivity index (χ0n) is 19.5. The number of nitrogens with zero attached hydrogens (tertiary/aromatic N) is 1. The van der Waals surface area contributed by atoms with Crippen LogP contribution < -0.4 is 16.4 Å². The van der Waals surface area contributed by atoms with Gasteiger partial charge in [0.15, 0.2) is 5.76 Å². The van der Waals surface area contributed by atoms with E-state index in [0.29, 0.717) is 11.1 Å². The fraction of sp³-hybridized carbons (Fsp3) is 0.261. The first-order valence-electron chi connectivity index (χ1n) is 9.43. The van der Waals surface area contributed by atoms with Gasteiger partial charge in [0.05, 0.1) is 17.0 Å². The number of amides is 3. The third-order valence-electron chi connectivity index (χ3n) is 3.93. The van der Waals surface area contributed by atoms with Gasteiger partial charge in [-0.25, -0.2) is 9.79 Å². The molecule has 9 nitrogen and oxygen atoms in total. The Labute approximate surface area is 200 Å². The van der Waals surface area contributed by atoms with Gasteiger partial charge in [-0.1, -0.05) is 19.2 Å². The van der Waals surface area contributed by atoms with Crippen LogP contribution in [0.1, 0.15) is 34.6 Å². The Morgan fingerprint density at radius 2 is 1.67 bits per heavy atom. The van der Waals surface area contributed by atoms with E-state index < -0.39 is 29.2 Å². The molecule has 7 N–H and O–H groups in total. The van der Waals surface area contributed by atoms with Crippen LogP contribution in [-0.4, -0.2) is 39.5 Å². The minimum absolute atomic E-state index is 0.0921. The highest BCUT2D eigenvalue weighted by atomic mass is 32.1. The number of aliphatic imine (C=N–C) groups is 1. The van der Waals surface area contributed by atoms with E-state index in [1.54, 1.807) is 33.8 Å². The van der Waals surface area contributed by atoms with Gasteiger partial charge in [-0.05, 0) is 51.2 Å². The summed E-state index contributed by atoms with van der Waals surface area (Å²) in [4.78, 5) is 26.9. The maximum atomic E-state index is 12.1. The highest BCUT2D eigenvalue weighted by Gasteiger charge is 2.15. The molecule has 0 bridgehead atoms. The number of carbonyl (C=O) groups excluding carboxylic acids is 2. The second-order valence-electron chi connectivity index (χ2n) is 6.43. The lowest BCUT2D eigenvalue weighted by molar-refractivity contribution is -0.114. The van der Waals surface area contributed by atoms with Crippen LogP contribution in [0, 0.1) is 12.3 Å². The number of hydrogen-bond donors (Lipinski definition) is 7. The number of terminal acetylenes is 1. The number of urea groups is 1. The number of thiol groups is 1. The smallest absolute Gasteiger partial charge is 0.319 e. The number of carbonyl (C=O) groups is 2. The van der Waals surface area contributed by atoms with Crippen LogP contribution >= 0.6 is 12.6 Å². The summed E-state index contributed by atoms with van der Waals surface area (Å²) in [7, 11) is 0. The van der Waals surface area contributed by atoms with E-state index >= 15 is 0 Å². The minimum atomic E-state index is -1.03. The zero-order valence-corrected chi connectivity index (χ0v) is 20.4. The van der Waals surface area contributed by atoms with Crippen molar-refractivity contribution in [2.24, 2.45) is 10.7 Å². The first kappa shape index (κ1) is 31.3. The van der Waals surface area contributed by atoms with Gasteiger partial charge in [-0.3, -0.25) is 4.79 Å². The number of primary amides is 1. The van der Waals surface area contributed by atoms with Crippen LogP contribution in [-0.2, 0) is 4.79 Å². The van der Waals surface area contributed by atoms with Crippen LogP contribution in [0.2, 0.25) is 0 Å². The predicted octanol–water partition coefficient (Wildman–Crippen LogP) is 3.84. The topological polar surface area (TPSA) is 157 Å². The van der Waals surface area contributed by atoms with Crippen molar-refractivity contribution < 1.29 is 24.9 Å². The molecule has 0 spiro atoms. The van der Waals surface area contributed by atoms with Crippen molar-refractivity contribution in [2.45, 2.75) is 34.6 Å². The summed E-state index contributed by atoms with van der Waals surface area (Å²) in [5, 5.41) is 35.9. The summed E-state index contributed by atoms with van der Waals surface area (Å²) >= 11 is 4.02. The van der Waals surface area contributed by atoms with Crippen LogP contribution in [0.3, 0.4) is 0 Å². The fourth-order valence-electron chi connectivity index (χ4n) is 1.85. The molecule has 0 heterocycles. The average molecular weight is 477 g/mol. The number of aliphatic hydroxyl groups is 3. The van der Waals surface area contributed by atoms with Crippen LogP contribution in [0.5, 0.6) is 0 Å². The third kappa shape index (κ3) is 11.4. The van der Waals surface area contributed by atoms with Crippen molar-refractivity contribution in [3.8, 4) is 12.3 Å². The van der Waals surface area contributed by atoms with Gasteiger partial charge >= 0.3 is 6.03 Å². The molecule has 180 valence electrons. The highest BCUT2D eigenvalue weighted by Crippen LogP contribution is 2.14. The van der Waals surface area contributed by atoms with Gasteiger partial charge in [0.2, 0.25) is 0 Å². The molecular formula is C23H32N4O5S. The second-order valence-corrected chi connectivity index (χ2v) is 6.69. The molecule has 3 amide bonds. The lowest BCUT2D eigenvalue weighted by Gasteiger charge is -2.14. The molecule has 10 heteroatoms. The van der Waals surface area contributed by atoms with E-state index in [0.717, 1.165) is 0 Å². The Kier molecular flexibility index (Phi) is 15.1. The summed E-state index contributed by atoms with van der Waals surface area (Å²) in [6, 6.07) is -0.598. The van der Waals surface area contributed by atoms with Gasteiger partial charge < -0.3 is 31.7 Å². The second kappa shape index (κ2) is 15.9. The molecule has 0 aliphatic rings. The van der Waals surface area contributed by atoms with Crippen molar-refractivity contribution in [1.29, 1.82) is 0 Å². The molecule has 0 saturated carbocycles. The van der Waals surface area contributed by atoms with Gasteiger partial charge in [0.1, 0.15) is 5.76 Å². The molecule has 0 fully saturated rings. The van der Waals surface area contributed by atoms with Crippen molar-refractivity contribution >= 4 is 30.3 Å². The van der Waals surface area contributed by atoms with Gasteiger partial charge in [-0.15, -0.1) is 25.0 Å². The highest BCUT2D eigenvalue weighted by molar-refractivity contribution is 7.83. The van der Waals surface area contributed by atoms with Gasteiger partial charge in [0, 0.05) is 12.1 Å². The molecule has 0 atom stereocenters. The Balaban J connectivity index is 0. The molecule has 0 aromatic rings. The van der Waals surface area contributed by atoms with Gasteiger partial charge in [0.25, 0.3) is 11.8 Å². The Morgan fingerprint density at radius 3 is 2.09 bits per heavy atom. The number of hydrogen-bond acceptors (Lipinski definition) is 7. The first-order chi connectivity index (χ1) is 15.3. The van der Waals surface area contributed by atoms with Crippen LogP contribution in [0.4, 0.5) is 4.79 Å². The molecule has 0 rings (SSSR count). The van der Waals surface area contributed by atoms with Gasteiger partial charge in [-0.2, -0.15) is 0 Å². The van der Waals surface area contributed by atoms with Crippen LogP contribution in [0.25, 0.3) is 0 Å². The lowest BCUT2D eigenvalue weighted by atomic mass is 10.1. The van der Waals surface area contributed by atoms with Crippen LogP contribution in [0.15, 0.2) is 75.0 Å².